The van der Waals surface area contributed by atoms with Gasteiger partial charge in [0.2, 0.25) is 15.9 Å². The Morgan fingerprint density at radius 2 is 1.63 bits per heavy atom. The lowest BCUT2D eigenvalue weighted by atomic mass is 10.0. The van der Waals surface area contributed by atoms with Crippen LogP contribution in [0.3, 0.4) is 0 Å². The fraction of sp³-hybridized carbons (Fsp3) is 0.500. The average Bonchev–Trinajstić information content (AvgIpc) is 2.60. The van der Waals surface area contributed by atoms with E-state index < -0.39 is 10.0 Å². The van der Waals surface area contributed by atoms with Crippen LogP contribution in [-0.2, 0) is 10.0 Å². The summed E-state index contributed by atoms with van der Waals surface area (Å²) in [5.74, 6) is 1.21. The van der Waals surface area contributed by atoms with Gasteiger partial charge in [-0.3, -0.25) is 0 Å². The Bertz CT molecular complexity index is 923. The van der Waals surface area contributed by atoms with Gasteiger partial charge >= 0.3 is 0 Å². The average molecular weight is 390 g/mol. The molecule has 1 aliphatic rings. The van der Waals surface area contributed by atoms with E-state index in [0.717, 1.165) is 22.3 Å². The molecule has 6 nitrogen and oxygen atoms in total. The van der Waals surface area contributed by atoms with Gasteiger partial charge in [0.05, 0.1) is 4.90 Å². The predicted octanol–water partition coefficient (Wildman–Crippen LogP) is 3.25. The van der Waals surface area contributed by atoms with Crippen LogP contribution in [-0.4, -0.2) is 41.9 Å². The molecule has 0 atom stereocenters. The molecule has 0 N–H and O–H groups in total. The van der Waals surface area contributed by atoms with Crippen LogP contribution in [0.25, 0.3) is 0 Å². The molecule has 1 saturated heterocycles. The van der Waals surface area contributed by atoms with Crippen LogP contribution < -0.4 is 4.74 Å². The molecule has 1 fully saturated rings. The fourth-order valence-corrected chi connectivity index (χ4v) is 5.60. The minimum absolute atomic E-state index is 0.0350. The molecule has 0 unspecified atom stereocenters. The molecular weight excluding hydrogens is 362 g/mol. The van der Waals surface area contributed by atoms with E-state index in [1.165, 1.54) is 0 Å². The van der Waals surface area contributed by atoms with Gasteiger partial charge in [-0.1, -0.05) is 6.07 Å². The second kappa shape index (κ2) is 7.56. The number of ether oxygens (including phenoxy) is 1. The largest absolute Gasteiger partial charge is 0.474 e. The summed E-state index contributed by atoms with van der Waals surface area (Å²) in [5.41, 5.74) is 3.70. The summed E-state index contributed by atoms with van der Waals surface area (Å²) < 4.78 is 34.1. The number of aryl methyl sites for hydroxylation is 3. The summed E-state index contributed by atoms with van der Waals surface area (Å²) in [6.45, 7) is 10.4. The standard InChI is InChI=1S/C20H27N3O3S/c1-13-12-14(2)16(4)20(15(13)3)27(24,25)23-10-7-18(8-11-23)26-19-6-9-21-17(5)22-19/h6,9,12,18H,7-8,10-11H2,1-5H3. The number of rotatable bonds is 4. The molecule has 7 heteroatoms. The van der Waals surface area contributed by atoms with Crippen LogP contribution in [0.4, 0.5) is 0 Å². The number of aromatic nitrogens is 2. The Morgan fingerprint density at radius 3 is 2.19 bits per heavy atom. The molecule has 2 heterocycles. The van der Waals surface area contributed by atoms with Crippen molar-refractivity contribution in [2.75, 3.05) is 13.1 Å². The second-order valence-corrected chi connectivity index (χ2v) is 9.13. The Morgan fingerprint density at radius 1 is 1.04 bits per heavy atom. The van der Waals surface area contributed by atoms with Gasteiger partial charge in [-0.05, 0) is 69.7 Å². The predicted molar refractivity (Wildman–Crippen MR) is 105 cm³/mol. The van der Waals surface area contributed by atoms with Gasteiger partial charge in [-0.25, -0.2) is 13.4 Å². The van der Waals surface area contributed by atoms with Crippen LogP contribution in [0.5, 0.6) is 5.88 Å². The van der Waals surface area contributed by atoms with Gasteiger partial charge in [-0.2, -0.15) is 9.29 Å². The zero-order chi connectivity index (χ0) is 19.8. The molecule has 1 aromatic heterocycles. The molecule has 3 rings (SSSR count). The van der Waals surface area contributed by atoms with Crippen molar-refractivity contribution in [2.45, 2.75) is 58.5 Å². The van der Waals surface area contributed by atoms with Gasteiger partial charge < -0.3 is 4.74 Å². The first-order valence-electron chi connectivity index (χ1n) is 9.24. The van der Waals surface area contributed by atoms with Crippen molar-refractivity contribution in [3.8, 4) is 5.88 Å². The highest BCUT2D eigenvalue weighted by atomic mass is 32.2. The van der Waals surface area contributed by atoms with Crippen LogP contribution in [0.2, 0.25) is 0 Å². The Balaban J connectivity index is 1.76. The number of hydrogen-bond donors (Lipinski definition) is 0. The normalized spacial score (nSPS) is 16.5. The molecular formula is C20H27N3O3S. The third kappa shape index (κ3) is 3.99. The van der Waals surface area contributed by atoms with Crippen molar-refractivity contribution in [3.63, 3.8) is 0 Å². The lowest BCUT2D eigenvalue weighted by Gasteiger charge is -2.32. The maximum Gasteiger partial charge on any atom is 0.243 e. The van der Waals surface area contributed by atoms with Crippen LogP contribution in [0, 0.1) is 34.6 Å². The second-order valence-electron chi connectivity index (χ2n) is 7.25. The molecule has 2 aromatic rings. The van der Waals surface area contributed by atoms with E-state index in [0.29, 0.717) is 42.5 Å². The zero-order valence-electron chi connectivity index (χ0n) is 16.6. The minimum Gasteiger partial charge on any atom is -0.474 e. The van der Waals surface area contributed by atoms with E-state index in [-0.39, 0.29) is 6.10 Å². The maximum atomic E-state index is 13.3. The van der Waals surface area contributed by atoms with E-state index >= 15 is 0 Å². The summed E-state index contributed by atoms with van der Waals surface area (Å²) in [6, 6.07) is 3.78. The molecule has 27 heavy (non-hydrogen) atoms. The number of piperidine rings is 1. The number of hydrogen-bond acceptors (Lipinski definition) is 5. The van der Waals surface area contributed by atoms with Crippen LogP contribution in [0.15, 0.2) is 23.2 Å². The highest BCUT2D eigenvalue weighted by Crippen LogP contribution is 2.30. The first-order chi connectivity index (χ1) is 12.7. The van der Waals surface area contributed by atoms with E-state index in [4.69, 9.17) is 4.74 Å². The lowest BCUT2D eigenvalue weighted by molar-refractivity contribution is 0.129. The number of benzene rings is 1. The minimum atomic E-state index is -3.52. The monoisotopic (exact) mass is 389 g/mol. The summed E-state index contributed by atoms with van der Waals surface area (Å²) in [5, 5.41) is 0. The summed E-state index contributed by atoms with van der Waals surface area (Å²) in [6.07, 6.45) is 2.92. The lowest BCUT2D eigenvalue weighted by Crippen LogP contribution is -2.42. The quantitative estimate of drug-likeness (QED) is 0.803. The van der Waals surface area contributed by atoms with Crippen molar-refractivity contribution < 1.29 is 13.2 Å². The van der Waals surface area contributed by atoms with Crippen molar-refractivity contribution in [3.05, 3.63) is 46.4 Å². The van der Waals surface area contributed by atoms with Gasteiger partial charge in [-0.15, -0.1) is 0 Å². The Labute approximate surface area is 161 Å². The first kappa shape index (κ1) is 19.8. The molecule has 1 aliphatic heterocycles. The zero-order valence-corrected chi connectivity index (χ0v) is 17.4. The summed E-state index contributed by atoms with van der Waals surface area (Å²) >= 11 is 0. The van der Waals surface area contributed by atoms with Crippen LogP contribution in [0.1, 0.15) is 40.9 Å². The molecule has 0 amide bonds. The maximum absolute atomic E-state index is 13.3. The van der Waals surface area contributed by atoms with Crippen molar-refractivity contribution >= 4 is 10.0 Å². The fourth-order valence-electron chi connectivity index (χ4n) is 3.56. The first-order valence-corrected chi connectivity index (χ1v) is 10.7. The van der Waals surface area contributed by atoms with E-state index in [1.807, 2.05) is 40.7 Å². The third-order valence-electron chi connectivity index (χ3n) is 5.33. The van der Waals surface area contributed by atoms with E-state index in [1.54, 1.807) is 16.6 Å². The number of sulfonamides is 1. The molecule has 1 aromatic carbocycles. The molecule has 0 bridgehead atoms. The summed E-state index contributed by atoms with van der Waals surface area (Å²) in [7, 11) is -3.52. The highest BCUT2D eigenvalue weighted by molar-refractivity contribution is 7.89. The van der Waals surface area contributed by atoms with Gasteiger partial charge in [0.25, 0.3) is 0 Å². The smallest absolute Gasteiger partial charge is 0.243 e. The molecule has 146 valence electrons. The van der Waals surface area contributed by atoms with E-state index in [9.17, 15) is 8.42 Å². The van der Waals surface area contributed by atoms with Crippen molar-refractivity contribution in [1.29, 1.82) is 0 Å². The van der Waals surface area contributed by atoms with Crippen LogP contribution >= 0.6 is 0 Å². The summed E-state index contributed by atoms with van der Waals surface area (Å²) in [4.78, 5) is 8.79. The SMILES string of the molecule is Cc1nccc(OC2CCN(S(=O)(=O)c3c(C)c(C)cc(C)c3C)CC2)n1. The topological polar surface area (TPSA) is 72.4 Å². The van der Waals surface area contributed by atoms with Crippen molar-refractivity contribution in [1.82, 2.24) is 14.3 Å². The van der Waals surface area contributed by atoms with Crippen molar-refractivity contribution in [2.24, 2.45) is 0 Å². The third-order valence-corrected chi connectivity index (χ3v) is 7.51. The molecule has 0 radical (unpaired) electrons. The Hall–Kier alpha value is -1.99. The molecule has 0 aliphatic carbocycles. The Kier molecular flexibility index (Phi) is 5.53. The van der Waals surface area contributed by atoms with Gasteiger partial charge in [0.15, 0.2) is 0 Å². The molecule has 0 spiro atoms. The highest BCUT2D eigenvalue weighted by Gasteiger charge is 2.33. The van der Waals surface area contributed by atoms with Gasteiger partial charge in [0, 0.05) is 25.4 Å². The van der Waals surface area contributed by atoms with E-state index in [2.05, 4.69) is 9.97 Å². The van der Waals surface area contributed by atoms with Gasteiger partial charge in [0.1, 0.15) is 11.9 Å². The number of nitrogens with zero attached hydrogens (tertiary/aromatic N) is 3. The molecule has 0 saturated carbocycles.